The van der Waals surface area contributed by atoms with Gasteiger partial charge in [-0.3, -0.25) is 0 Å². The molecular weight excluding hydrogens is 253 g/mol. The van der Waals surface area contributed by atoms with Crippen LogP contribution in [-0.2, 0) is 0 Å². The molecule has 0 aliphatic carbocycles. The Morgan fingerprint density at radius 3 is 2.83 bits per heavy atom. The van der Waals surface area contributed by atoms with Gasteiger partial charge in [0.1, 0.15) is 11.6 Å². The maximum Gasteiger partial charge on any atom is 0.140 e. The van der Waals surface area contributed by atoms with Gasteiger partial charge in [-0.05, 0) is 36.4 Å². The third-order valence-electron chi connectivity index (χ3n) is 2.71. The van der Waals surface area contributed by atoms with Gasteiger partial charge in [0.15, 0.2) is 0 Å². The van der Waals surface area contributed by atoms with Crippen LogP contribution in [0, 0.1) is 5.82 Å². The fourth-order valence-corrected chi connectivity index (χ4v) is 2.02. The van der Waals surface area contributed by atoms with Crippen LogP contribution in [0.3, 0.4) is 0 Å². The molecule has 0 saturated heterocycles. The number of aromatic amines is 1. The fraction of sp³-hybridized carbons (Fsp3) is 0. The summed E-state index contributed by atoms with van der Waals surface area (Å²) in [6, 6.07) is 9.53. The number of imidazole rings is 1. The molecule has 2 aromatic carbocycles. The summed E-state index contributed by atoms with van der Waals surface area (Å²) in [7, 11) is 0. The Balaban J connectivity index is 2.22. The highest BCUT2D eigenvalue weighted by Crippen LogP contribution is 2.28. The molecule has 3 rings (SSSR count). The standard InChI is InChI=1S/C13H9ClFN3/c14-7-1-3-10(16)9(5-7)13-17-11-4-2-8(15)6-12(11)18-13/h1-6H,16H2,(H,17,18). The van der Waals surface area contributed by atoms with E-state index in [4.69, 9.17) is 17.3 Å². The summed E-state index contributed by atoms with van der Waals surface area (Å²) >= 11 is 5.93. The van der Waals surface area contributed by atoms with Crippen LogP contribution in [-0.4, -0.2) is 9.97 Å². The largest absolute Gasteiger partial charge is 0.398 e. The number of rotatable bonds is 1. The van der Waals surface area contributed by atoms with E-state index in [0.717, 1.165) is 0 Å². The third kappa shape index (κ3) is 1.80. The Morgan fingerprint density at radius 1 is 1.17 bits per heavy atom. The van der Waals surface area contributed by atoms with Gasteiger partial charge in [-0.15, -0.1) is 0 Å². The van der Waals surface area contributed by atoms with Crippen molar-refractivity contribution >= 4 is 28.3 Å². The molecule has 0 aliphatic heterocycles. The zero-order chi connectivity index (χ0) is 12.7. The number of fused-ring (bicyclic) bond motifs is 1. The number of hydrogen-bond donors (Lipinski definition) is 2. The fourth-order valence-electron chi connectivity index (χ4n) is 1.84. The van der Waals surface area contributed by atoms with Crippen LogP contribution in [0.4, 0.5) is 10.1 Å². The summed E-state index contributed by atoms with van der Waals surface area (Å²) in [5.41, 5.74) is 8.47. The van der Waals surface area contributed by atoms with Gasteiger partial charge in [-0.25, -0.2) is 9.37 Å². The topological polar surface area (TPSA) is 54.7 Å². The van der Waals surface area contributed by atoms with E-state index in [1.807, 2.05) is 0 Å². The lowest BCUT2D eigenvalue weighted by Crippen LogP contribution is -1.90. The smallest absolute Gasteiger partial charge is 0.140 e. The zero-order valence-corrected chi connectivity index (χ0v) is 10.0. The number of hydrogen-bond acceptors (Lipinski definition) is 2. The number of nitrogens with one attached hydrogen (secondary N) is 1. The minimum Gasteiger partial charge on any atom is -0.398 e. The van der Waals surface area contributed by atoms with Crippen LogP contribution in [0.5, 0.6) is 0 Å². The molecule has 0 spiro atoms. The Kier molecular flexibility index (Phi) is 2.45. The Hall–Kier alpha value is -2.07. The van der Waals surface area contributed by atoms with Gasteiger partial charge in [-0.1, -0.05) is 11.6 Å². The minimum absolute atomic E-state index is 0.309. The average molecular weight is 262 g/mol. The van der Waals surface area contributed by atoms with Gasteiger partial charge in [0, 0.05) is 16.3 Å². The molecular formula is C13H9ClFN3. The second kappa shape index (κ2) is 3.99. The van der Waals surface area contributed by atoms with Crippen LogP contribution in [0.1, 0.15) is 0 Å². The van der Waals surface area contributed by atoms with Crippen molar-refractivity contribution in [3.63, 3.8) is 0 Å². The lowest BCUT2D eigenvalue weighted by molar-refractivity contribution is 0.629. The van der Waals surface area contributed by atoms with Gasteiger partial charge in [-0.2, -0.15) is 0 Å². The average Bonchev–Trinajstić information content (AvgIpc) is 2.74. The lowest BCUT2D eigenvalue weighted by Gasteiger charge is -2.02. The number of halogens is 2. The summed E-state index contributed by atoms with van der Waals surface area (Å²) in [4.78, 5) is 7.40. The normalized spacial score (nSPS) is 11.0. The van der Waals surface area contributed by atoms with Gasteiger partial charge < -0.3 is 10.7 Å². The van der Waals surface area contributed by atoms with Crippen molar-refractivity contribution in [3.05, 3.63) is 47.2 Å². The lowest BCUT2D eigenvalue weighted by atomic mass is 10.2. The number of benzene rings is 2. The highest BCUT2D eigenvalue weighted by Gasteiger charge is 2.09. The van der Waals surface area contributed by atoms with Crippen molar-refractivity contribution in [3.8, 4) is 11.4 Å². The summed E-state index contributed by atoms with van der Waals surface area (Å²) in [5.74, 6) is 0.271. The van der Waals surface area contributed by atoms with E-state index in [1.54, 1.807) is 24.3 Å². The Morgan fingerprint density at radius 2 is 2.00 bits per heavy atom. The van der Waals surface area contributed by atoms with Crippen LogP contribution in [0.2, 0.25) is 5.02 Å². The van der Waals surface area contributed by atoms with Crippen molar-refractivity contribution in [1.82, 2.24) is 9.97 Å². The summed E-state index contributed by atoms with van der Waals surface area (Å²) in [6.07, 6.45) is 0. The third-order valence-corrected chi connectivity index (χ3v) is 2.95. The number of nitrogens with zero attached hydrogens (tertiary/aromatic N) is 1. The Labute approximate surface area is 107 Å². The molecule has 0 saturated carbocycles. The van der Waals surface area contributed by atoms with Crippen molar-refractivity contribution < 1.29 is 4.39 Å². The summed E-state index contributed by atoms with van der Waals surface area (Å²) in [5, 5.41) is 0.575. The number of nitrogen functional groups attached to an aromatic ring is 1. The molecule has 0 atom stereocenters. The molecule has 90 valence electrons. The molecule has 3 N–H and O–H groups in total. The van der Waals surface area contributed by atoms with E-state index in [2.05, 4.69) is 9.97 Å². The summed E-state index contributed by atoms with van der Waals surface area (Å²) in [6.45, 7) is 0. The van der Waals surface area contributed by atoms with E-state index in [0.29, 0.717) is 33.1 Å². The summed E-state index contributed by atoms with van der Waals surface area (Å²) < 4.78 is 13.1. The van der Waals surface area contributed by atoms with Gasteiger partial charge in [0.05, 0.1) is 11.0 Å². The van der Waals surface area contributed by atoms with E-state index in [-0.39, 0.29) is 5.82 Å². The second-order valence-electron chi connectivity index (χ2n) is 3.98. The van der Waals surface area contributed by atoms with Crippen molar-refractivity contribution in [1.29, 1.82) is 0 Å². The van der Waals surface area contributed by atoms with Gasteiger partial charge in [0.25, 0.3) is 0 Å². The molecule has 0 amide bonds. The first-order chi connectivity index (χ1) is 8.63. The number of nitrogens with two attached hydrogens (primary N) is 1. The zero-order valence-electron chi connectivity index (χ0n) is 9.24. The first kappa shape index (κ1) is 11.0. The van der Waals surface area contributed by atoms with Crippen molar-refractivity contribution in [2.45, 2.75) is 0 Å². The Bertz CT molecular complexity index is 736. The first-order valence-electron chi connectivity index (χ1n) is 5.34. The minimum atomic E-state index is -0.309. The maximum absolute atomic E-state index is 13.1. The molecule has 0 unspecified atom stereocenters. The monoisotopic (exact) mass is 261 g/mol. The molecule has 0 radical (unpaired) electrons. The molecule has 3 aromatic rings. The number of aromatic nitrogens is 2. The molecule has 3 nitrogen and oxygen atoms in total. The van der Waals surface area contributed by atoms with Gasteiger partial charge in [0.2, 0.25) is 0 Å². The van der Waals surface area contributed by atoms with Crippen LogP contribution in [0.15, 0.2) is 36.4 Å². The molecule has 1 aromatic heterocycles. The SMILES string of the molecule is Nc1ccc(Cl)cc1-c1nc2ccc(F)cc2[nH]1. The van der Waals surface area contributed by atoms with Crippen LogP contribution in [0.25, 0.3) is 22.4 Å². The molecule has 0 bridgehead atoms. The molecule has 18 heavy (non-hydrogen) atoms. The van der Waals surface area contributed by atoms with Crippen LogP contribution >= 0.6 is 11.6 Å². The molecule has 0 aliphatic rings. The van der Waals surface area contributed by atoms with Crippen molar-refractivity contribution in [2.24, 2.45) is 0 Å². The maximum atomic E-state index is 13.1. The highest BCUT2D eigenvalue weighted by atomic mass is 35.5. The predicted molar refractivity (Wildman–Crippen MR) is 70.9 cm³/mol. The van der Waals surface area contributed by atoms with Gasteiger partial charge >= 0.3 is 0 Å². The highest BCUT2D eigenvalue weighted by molar-refractivity contribution is 6.31. The quantitative estimate of drug-likeness (QED) is 0.658. The van der Waals surface area contributed by atoms with E-state index < -0.39 is 0 Å². The predicted octanol–water partition coefficient (Wildman–Crippen LogP) is 3.60. The number of H-pyrrole nitrogens is 1. The van der Waals surface area contributed by atoms with E-state index >= 15 is 0 Å². The molecule has 1 heterocycles. The first-order valence-corrected chi connectivity index (χ1v) is 5.72. The van der Waals surface area contributed by atoms with E-state index in [9.17, 15) is 4.39 Å². The number of anilines is 1. The van der Waals surface area contributed by atoms with Crippen molar-refractivity contribution in [2.75, 3.05) is 5.73 Å². The second-order valence-corrected chi connectivity index (χ2v) is 4.41. The molecule has 0 fully saturated rings. The van der Waals surface area contributed by atoms with Crippen LogP contribution < -0.4 is 5.73 Å². The molecule has 5 heteroatoms. The van der Waals surface area contributed by atoms with E-state index in [1.165, 1.54) is 12.1 Å².